The van der Waals surface area contributed by atoms with E-state index in [2.05, 4.69) is 0 Å². The number of hydrogen-bond acceptors (Lipinski definition) is 3. The number of carbonyl (C=O) groups excluding carboxylic acids is 2. The third kappa shape index (κ3) is 7.37. The molecule has 2 amide bonds. The van der Waals surface area contributed by atoms with Crippen LogP contribution < -0.4 is 10.6 Å². The van der Waals surface area contributed by atoms with Gasteiger partial charge in [0, 0.05) is 6.54 Å². The molecule has 1 atom stereocenters. The van der Waals surface area contributed by atoms with Gasteiger partial charge in [-0.15, -0.1) is 0 Å². The number of hydrogen-bond donors (Lipinski definition) is 3. The minimum Gasteiger partial charge on any atom is -0.480 e. The van der Waals surface area contributed by atoms with Gasteiger partial charge in [-0.2, -0.15) is 26.3 Å². The second kappa shape index (κ2) is 7.13. The molecule has 21 heavy (non-hydrogen) atoms. The molecule has 0 bridgehead atoms. The van der Waals surface area contributed by atoms with E-state index in [1.165, 1.54) is 10.6 Å². The van der Waals surface area contributed by atoms with Gasteiger partial charge >= 0.3 is 30.1 Å². The Bertz CT molecular complexity index is 406. The molecule has 0 aromatic heterocycles. The zero-order chi connectivity index (χ0) is 16.8. The number of carbonyl (C=O) groups is 3. The molecule has 3 N–H and O–H groups in total. The lowest BCUT2D eigenvalue weighted by Gasteiger charge is -2.15. The number of carboxylic acids is 1. The predicted molar refractivity (Wildman–Crippen MR) is 53.9 cm³/mol. The summed E-state index contributed by atoms with van der Waals surface area (Å²) in [6, 6.07) is -1.93. The van der Waals surface area contributed by atoms with Crippen molar-refractivity contribution in [3.05, 3.63) is 0 Å². The number of halogens is 6. The van der Waals surface area contributed by atoms with Crippen molar-refractivity contribution in [3.63, 3.8) is 0 Å². The molecular weight excluding hydrogens is 314 g/mol. The number of nitrogens with one attached hydrogen (secondary N) is 2. The summed E-state index contributed by atoms with van der Waals surface area (Å²) in [5.74, 6) is -6.52. The summed E-state index contributed by atoms with van der Waals surface area (Å²) in [6.07, 6.45) is -11.4. The van der Waals surface area contributed by atoms with Gasteiger partial charge in [0.25, 0.3) is 0 Å². The highest BCUT2D eigenvalue weighted by atomic mass is 19.4. The fraction of sp³-hybridized carbons (Fsp3) is 0.667. The monoisotopic (exact) mass is 324 g/mol. The van der Waals surface area contributed by atoms with E-state index in [1.807, 2.05) is 0 Å². The lowest BCUT2D eigenvalue weighted by atomic mass is 10.1. The quantitative estimate of drug-likeness (QED) is 0.492. The summed E-state index contributed by atoms with van der Waals surface area (Å²) in [7, 11) is 0. The van der Waals surface area contributed by atoms with Gasteiger partial charge in [-0.3, -0.25) is 9.59 Å². The second-order valence-corrected chi connectivity index (χ2v) is 3.76. The highest BCUT2D eigenvalue weighted by Crippen LogP contribution is 2.15. The minimum atomic E-state index is -5.28. The number of aliphatic carboxylic acids is 1. The molecule has 0 unspecified atom stereocenters. The van der Waals surface area contributed by atoms with Crippen LogP contribution in [0.5, 0.6) is 0 Å². The lowest BCUT2D eigenvalue weighted by Crippen LogP contribution is -2.47. The Morgan fingerprint density at radius 3 is 1.81 bits per heavy atom. The Morgan fingerprint density at radius 2 is 1.43 bits per heavy atom. The van der Waals surface area contributed by atoms with Gasteiger partial charge in [-0.1, -0.05) is 0 Å². The van der Waals surface area contributed by atoms with Crippen molar-refractivity contribution in [1.82, 2.24) is 10.6 Å². The van der Waals surface area contributed by atoms with Crippen LogP contribution in [0, 0.1) is 0 Å². The average molecular weight is 324 g/mol. The molecule has 0 aliphatic rings. The molecular formula is C9H10F6N2O4. The molecule has 12 heteroatoms. The van der Waals surface area contributed by atoms with Crippen LogP contribution in [0.15, 0.2) is 0 Å². The van der Waals surface area contributed by atoms with Crippen molar-refractivity contribution >= 4 is 17.8 Å². The fourth-order valence-electron chi connectivity index (χ4n) is 1.11. The fourth-order valence-corrected chi connectivity index (χ4v) is 1.11. The SMILES string of the molecule is O=C(O)[C@H](CCCNC(=O)C(F)(F)F)NC(=O)C(F)(F)F. The first-order valence-corrected chi connectivity index (χ1v) is 5.31. The molecule has 6 nitrogen and oxygen atoms in total. The van der Waals surface area contributed by atoms with Gasteiger partial charge in [0.2, 0.25) is 0 Å². The van der Waals surface area contributed by atoms with Crippen LogP contribution >= 0.6 is 0 Å². The van der Waals surface area contributed by atoms with Crippen molar-refractivity contribution in [2.24, 2.45) is 0 Å². The maximum absolute atomic E-state index is 11.9. The largest absolute Gasteiger partial charge is 0.480 e. The first kappa shape index (κ1) is 19.0. The van der Waals surface area contributed by atoms with Crippen LogP contribution in [0.1, 0.15) is 12.8 Å². The summed E-state index contributed by atoms with van der Waals surface area (Å²) in [5, 5.41) is 11.2. The van der Waals surface area contributed by atoms with Gasteiger partial charge in [0.05, 0.1) is 0 Å². The Hall–Kier alpha value is -2.01. The van der Waals surface area contributed by atoms with Crippen LogP contribution in [0.4, 0.5) is 26.3 Å². The minimum absolute atomic E-state index is 0.378. The maximum atomic E-state index is 11.9. The van der Waals surface area contributed by atoms with Crippen LogP contribution in [0.2, 0.25) is 0 Å². The molecule has 0 aliphatic heterocycles. The molecule has 0 aromatic carbocycles. The summed E-state index contributed by atoms with van der Waals surface area (Å²) in [6.45, 7) is -0.607. The first-order valence-electron chi connectivity index (χ1n) is 5.31. The average Bonchev–Trinajstić information content (AvgIpc) is 2.29. The Labute approximate surface area is 113 Å². The molecule has 0 saturated heterocycles. The van der Waals surface area contributed by atoms with Gasteiger partial charge < -0.3 is 15.7 Å². The van der Waals surface area contributed by atoms with Crippen molar-refractivity contribution in [1.29, 1.82) is 0 Å². The third-order valence-electron chi connectivity index (χ3n) is 2.07. The van der Waals surface area contributed by atoms with Gasteiger partial charge in [-0.25, -0.2) is 4.79 Å². The third-order valence-corrected chi connectivity index (χ3v) is 2.07. The van der Waals surface area contributed by atoms with Crippen LogP contribution in [-0.4, -0.2) is 47.8 Å². The molecule has 0 aromatic rings. The van der Waals surface area contributed by atoms with Gasteiger partial charge in [0.1, 0.15) is 6.04 Å². The number of amides is 2. The molecule has 0 heterocycles. The van der Waals surface area contributed by atoms with E-state index in [0.717, 1.165) is 0 Å². The van der Waals surface area contributed by atoms with Crippen molar-refractivity contribution in [2.75, 3.05) is 6.54 Å². The molecule has 0 rings (SSSR count). The normalized spacial score (nSPS) is 13.4. The summed E-state index contributed by atoms with van der Waals surface area (Å²) in [4.78, 5) is 31.5. The molecule has 0 saturated carbocycles. The number of alkyl halides is 6. The first-order chi connectivity index (χ1) is 9.35. The van der Waals surface area contributed by atoms with E-state index >= 15 is 0 Å². The standard InChI is InChI=1S/C9H10F6N2O4/c10-8(11,12)6(20)16-3-1-2-4(5(18)19)17-7(21)9(13,14)15/h4H,1-3H2,(H,16,20)(H,17,21)(H,18,19)/t4-/m0/s1. The van der Waals surface area contributed by atoms with Crippen molar-refractivity contribution in [3.8, 4) is 0 Å². The zero-order valence-electron chi connectivity index (χ0n) is 10.1. The van der Waals surface area contributed by atoms with E-state index in [9.17, 15) is 40.7 Å². The van der Waals surface area contributed by atoms with Crippen molar-refractivity contribution < 1.29 is 45.8 Å². The number of carboxylic acid groups (broad SMARTS) is 1. The summed E-state index contributed by atoms with van der Waals surface area (Å²) >= 11 is 0. The van der Waals surface area contributed by atoms with Crippen LogP contribution in [-0.2, 0) is 14.4 Å². The topological polar surface area (TPSA) is 95.5 Å². The summed E-state index contributed by atoms with van der Waals surface area (Å²) in [5.41, 5.74) is 0. The van der Waals surface area contributed by atoms with Gasteiger partial charge in [-0.05, 0) is 12.8 Å². The molecule has 0 fully saturated rings. The Balaban J connectivity index is 4.28. The second-order valence-electron chi connectivity index (χ2n) is 3.76. The van der Waals surface area contributed by atoms with Crippen LogP contribution in [0.3, 0.4) is 0 Å². The lowest BCUT2D eigenvalue weighted by molar-refractivity contribution is -0.175. The zero-order valence-corrected chi connectivity index (χ0v) is 10.1. The number of rotatable bonds is 6. The van der Waals surface area contributed by atoms with E-state index in [1.54, 1.807) is 0 Å². The van der Waals surface area contributed by atoms with E-state index in [0.29, 0.717) is 0 Å². The van der Waals surface area contributed by atoms with E-state index in [-0.39, 0.29) is 6.42 Å². The Morgan fingerprint density at radius 1 is 0.952 bits per heavy atom. The smallest absolute Gasteiger partial charge is 0.471 e. The van der Waals surface area contributed by atoms with E-state index < -0.39 is 49.1 Å². The molecule has 122 valence electrons. The van der Waals surface area contributed by atoms with Crippen molar-refractivity contribution in [2.45, 2.75) is 31.2 Å². The predicted octanol–water partition coefficient (Wildman–Crippen LogP) is 0.577. The maximum Gasteiger partial charge on any atom is 0.471 e. The van der Waals surface area contributed by atoms with E-state index in [4.69, 9.17) is 5.11 Å². The van der Waals surface area contributed by atoms with Gasteiger partial charge in [0.15, 0.2) is 0 Å². The summed E-state index contributed by atoms with van der Waals surface area (Å²) < 4.78 is 71.1. The Kier molecular flexibility index (Phi) is 6.45. The molecule has 0 aliphatic carbocycles. The highest BCUT2D eigenvalue weighted by Gasteiger charge is 2.41. The molecule has 0 spiro atoms. The molecule has 0 radical (unpaired) electrons. The van der Waals surface area contributed by atoms with Crippen LogP contribution in [0.25, 0.3) is 0 Å². The highest BCUT2D eigenvalue weighted by molar-refractivity contribution is 5.86.